The smallest absolute Gasteiger partial charge is 0.355 e. The summed E-state index contributed by atoms with van der Waals surface area (Å²) in [6.07, 6.45) is 1.47. The standard InChI is InChI=1S/C27H31FNO6PS/c1-6-14-33-26(31)23-16-20-15-19(12-13-22(20)37-23)24(28)36(32,35-21-10-8-7-9-11-21)29-18(2)25(30)34-17-27(3,4)5/h6-13,15-16,18,24H,1,14,17H2,2-5H3,(H,29,32). The fourth-order valence-corrected chi connectivity index (χ4v) is 6.07. The Morgan fingerprint density at radius 2 is 1.84 bits per heavy atom. The molecule has 7 nitrogen and oxygen atoms in total. The van der Waals surface area contributed by atoms with E-state index in [1.54, 1.807) is 42.5 Å². The van der Waals surface area contributed by atoms with Crippen LogP contribution in [0.2, 0.25) is 0 Å². The number of esters is 2. The van der Waals surface area contributed by atoms with Gasteiger partial charge in [-0.2, -0.15) is 0 Å². The molecule has 3 rings (SSSR count). The van der Waals surface area contributed by atoms with Crippen LogP contribution in [0.1, 0.15) is 48.8 Å². The van der Waals surface area contributed by atoms with Gasteiger partial charge in [-0.1, -0.05) is 57.7 Å². The van der Waals surface area contributed by atoms with Crippen LogP contribution in [0.4, 0.5) is 4.39 Å². The highest BCUT2D eigenvalue weighted by atomic mass is 32.1. The van der Waals surface area contributed by atoms with Crippen LogP contribution in [-0.4, -0.2) is 31.2 Å². The Labute approximate surface area is 220 Å². The molecule has 0 amide bonds. The van der Waals surface area contributed by atoms with Crippen molar-refractivity contribution in [2.24, 2.45) is 5.41 Å². The fourth-order valence-electron chi connectivity index (χ4n) is 3.22. The number of carbonyl (C=O) groups is 2. The van der Waals surface area contributed by atoms with Crippen LogP contribution in [0.3, 0.4) is 0 Å². The minimum absolute atomic E-state index is 0.0679. The van der Waals surface area contributed by atoms with Crippen molar-refractivity contribution >= 4 is 40.9 Å². The number of hydrogen-bond donors (Lipinski definition) is 1. The van der Waals surface area contributed by atoms with E-state index in [0.29, 0.717) is 10.3 Å². The number of alkyl halides is 1. The highest BCUT2D eigenvalue weighted by Crippen LogP contribution is 2.58. The lowest BCUT2D eigenvalue weighted by Gasteiger charge is -2.27. The summed E-state index contributed by atoms with van der Waals surface area (Å²) < 4.78 is 46.8. The van der Waals surface area contributed by atoms with E-state index in [4.69, 9.17) is 14.0 Å². The van der Waals surface area contributed by atoms with Gasteiger partial charge in [0.05, 0.1) is 6.61 Å². The molecule has 0 aliphatic carbocycles. The van der Waals surface area contributed by atoms with Gasteiger partial charge in [0.15, 0.2) is 0 Å². The van der Waals surface area contributed by atoms with Crippen molar-refractivity contribution in [3.05, 3.63) is 77.7 Å². The summed E-state index contributed by atoms with van der Waals surface area (Å²) in [5, 5.41) is 3.16. The predicted molar refractivity (Wildman–Crippen MR) is 144 cm³/mol. The number of halogens is 1. The molecule has 3 atom stereocenters. The molecule has 0 saturated heterocycles. The minimum Gasteiger partial charge on any atom is -0.464 e. The molecule has 0 aliphatic heterocycles. The van der Waals surface area contributed by atoms with Crippen LogP contribution >= 0.6 is 18.9 Å². The lowest BCUT2D eigenvalue weighted by Crippen LogP contribution is -2.36. The largest absolute Gasteiger partial charge is 0.464 e. The van der Waals surface area contributed by atoms with Crippen LogP contribution in [-0.2, 0) is 18.8 Å². The van der Waals surface area contributed by atoms with E-state index in [1.165, 1.54) is 36.5 Å². The van der Waals surface area contributed by atoms with Gasteiger partial charge in [0.2, 0.25) is 5.91 Å². The molecule has 1 N–H and O–H groups in total. The third-order valence-electron chi connectivity index (χ3n) is 5.01. The van der Waals surface area contributed by atoms with Crippen LogP contribution in [0.5, 0.6) is 5.75 Å². The molecule has 198 valence electrons. The number of fused-ring (bicyclic) bond motifs is 1. The third kappa shape index (κ3) is 7.74. The van der Waals surface area contributed by atoms with Gasteiger partial charge in [0.25, 0.3) is 0 Å². The predicted octanol–water partition coefficient (Wildman–Crippen LogP) is 7.05. The zero-order chi connectivity index (χ0) is 27.2. The molecule has 10 heteroatoms. The molecule has 0 spiro atoms. The first-order valence-electron chi connectivity index (χ1n) is 11.7. The van der Waals surface area contributed by atoms with E-state index in [1.807, 2.05) is 20.8 Å². The topological polar surface area (TPSA) is 90.9 Å². The summed E-state index contributed by atoms with van der Waals surface area (Å²) in [6.45, 7) is 10.9. The quantitative estimate of drug-likeness (QED) is 0.156. The van der Waals surface area contributed by atoms with Crippen molar-refractivity contribution < 1.29 is 32.5 Å². The van der Waals surface area contributed by atoms with Gasteiger partial charge in [0, 0.05) is 4.70 Å². The Morgan fingerprint density at radius 1 is 1.14 bits per heavy atom. The lowest BCUT2D eigenvalue weighted by atomic mass is 9.99. The number of hydrogen-bond acceptors (Lipinski definition) is 7. The SMILES string of the molecule is C=CCOC(=O)c1cc2cc(C(F)P(=O)(NC(C)C(=O)OCC(C)(C)C)Oc3ccccc3)ccc2s1. The lowest BCUT2D eigenvalue weighted by molar-refractivity contribution is -0.148. The average molecular weight is 548 g/mol. The maximum atomic E-state index is 16.0. The van der Waals surface area contributed by atoms with Gasteiger partial charge in [0.1, 0.15) is 23.3 Å². The van der Waals surface area contributed by atoms with Crippen molar-refractivity contribution in [3.8, 4) is 5.75 Å². The van der Waals surface area contributed by atoms with Gasteiger partial charge in [-0.15, -0.1) is 11.3 Å². The van der Waals surface area contributed by atoms with Gasteiger partial charge in [-0.3, -0.25) is 9.36 Å². The van der Waals surface area contributed by atoms with Crippen molar-refractivity contribution in [1.29, 1.82) is 0 Å². The molecule has 0 fully saturated rings. The van der Waals surface area contributed by atoms with Gasteiger partial charge < -0.3 is 14.0 Å². The van der Waals surface area contributed by atoms with Crippen molar-refractivity contribution in [2.45, 2.75) is 39.6 Å². The average Bonchev–Trinajstić information content (AvgIpc) is 3.29. The molecule has 0 radical (unpaired) electrons. The first-order chi connectivity index (χ1) is 17.4. The van der Waals surface area contributed by atoms with Gasteiger partial charge >= 0.3 is 19.5 Å². The summed E-state index contributed by atoms with van der Waals surface area (Å²) in [5.74, 6) is -3.12. The second-order valence-electron chi connectivity index (χ2n) is 9.65. The summed E-state index contributed by atoms with van der Waals surface area (Å²) in [6, 6.07) is 13.3. The molecule has 2 aromatic carbocycles. The minimum atomic E-state index is -4.35. The van der Waals surface area contributed by atoms with Gasteiger partial charge in [-0.05, 0) is 53.6 Å². The highest BCUT2D eigenvalue weighted by molar-refractivity contribution is 7.57. The normalized spacial score (nSPS) is 14.8. The Bertz CT molecular complexity index is 1300. The summed E-state index contributed by atoms with van der Waals surface area (Å²) >= 11 is 1.20. The maximum Gasteiger partial charge on any atom is 0.355 e. The first-order valence-corrected chi connectivity index (χ1v) is 14.2. The summed E-state index contributed by atoms with van der Waals surface area (Å²) in [4.78, 5) is 25.1. The number of carbonyl (C=O) groups excluding carboxylic acids is 2. The zero-order valence-electron chi connectivity index (χ0n) is 21.2. The number of benzene rings is 2. The fraction of sp³-hybridized carbons (Fsp3) is 0.333. The molecule has 0 bridgehead atoms. The van der Waals surface area contributed by atoms with E-state index < -0.39 is 31.4 Å². The second-order valence-corrected chi connectivity index (χ2v) is 12.8. The third-order valence-corrected chi connectivity index (χ3v) is 8.23. The van der Waals surface area contributed by atoms with Crippen LogP contribution < -0.4 is 9.61 Å². The molecule has 3 unspecified atom stereocenters. The number of ether oxygens (including phenoxy) is 2. The summed E-state index contributed by atoms with van der Waals surface area (Å²) in [7, 11) is -4.35. The first kappa shape index (κ1) is 28.6. The zero-order valence-corrected chi connectivity index (χ0v) is 22.9. The Morgan fingerprint density at radius 3 is 2.49 bits per heavy atom. The van der Waals surface area contributed by atoms with Crippen molar-refractivity contribution in [3.63, 3.8) is 0 Å². The molecule has 1 heterocycles. The monoisotopic (exact) mass is 547 g/mol. The molecule has 1 aromatic heterocycles. The molecule has 3 aromatic rings. The number of para-hydroxylation sites is 1. The molecular weight excluding hydrogens is 516 g/mol. The molecule has 0 aliphatic rings. The van der Waals surface area contributed by atoms with Crippen LogP contribution in [0.25, 0.3) is 10.1 Å². The highest BCUT2D eigenvalue weighted by Gasteiger charge is 2.41. The summed E-state index contributed by atoms with van der Waals surface area (Å²) in [5.41, 5.74) is -0.201. The van der Waals surface area contributed by atoms with E-state index in [2.05, 4.69) is 11.7 Å². The van der Waals surface area contributed by atoms with E-state index in [0.717, 1.165) is 4.70 Å². The Balaban J connectivity index is 1.89. The number of thiophene rings is 1. The van der Waals surface area contributed by atoms with E-state index in [-0.39, 0.29) is 29.9 Å². The number of rotatable bonds is 11. The number of nitrogens with one attached hydrogen (secondary N) is 1. The molecule has 37 heavy (non-hydrogen) atoms. The van der Waals surface area contributed by atoms with E-state index in [9.17, 15) is 14.2 Å². The van der Waals surface area contributed by atoms with Crippen LogP contribution in [0, 0.1) is 5.41 Å². The Hall–Kier alpha value is -3.00. The van der Waals surface area contributed by atoms with Gasteiger partial charge in [-0.25, -0.2) is 14.3 Å². The molecule has 0 saturated carbocycles. The maximum absolute atomic E-state index is 16.0. The van der Waals surface area contributed by atoms with Crippen LogP contribution in [0.15, 0.2) is 67.3 Å². The molecular formula is C27H31FNO6PS. The second kappa shape index (κ2) is 12.0. The van der Waals surface area contributed by atoms with Crippen molar-refractivity contribution in [2.75, 3.05) is 13.2 Å². The Kier molecular flexibility index (Phi) is 9.29. The van der Waals surface area contributed by atoms with Crippen molar-refractivity contribution in [1.82, 2.24) is 5.09 Å². The van der Waals surface area contributed by atoms with E-state index >= 15 is 4.39 Å².